The molecule has 0 bridgehead atoms. The Bertz CT molecular complexity index is 1560. The van der Waals surface area contributed by atoms with Gasteiger partial charge in [0.25, 0.3) is 11.8 Å². The molecule has 5 rings (SSSR count). The van der Waals surface area contributed by atoms with E-state index in [9.17, 15) is 14.0 Å². The maximum Gasteiger partial charge on any atom is 0.274 e. The number of aromatic nitrogens is 4. The first kappa shape index (κ1) is 22.4. The van der Waals surface area contributed by atoms with E-state index < -0.39 is 17.6 Å². The Morgan fingerprint density at radius 1 is 1.00 bits per heavy atom. The molecule has 35 heavy (non-hydrogen) atoms. The van der Waals surface area contributed by atoms with Gasteiger partial charge < -0.3 is 10.6 Å². The topological polar surface area (TPSA) is 102 Å². The molecule has 2 N–H and O–H groups in total. The van der Waals surface area contributed by atoms with E-state index in [-0.39, 0.29) is 17.1 Å². The average molecular weight is 487 g/mol. The number of aryl methyl sites for hydroxylation is 2. The van der Waals surface area contributed by atoms with Crippen molar-refractivity contribution in [3.63, 3.8) is 0 Å². The Balaban J connectivity index is 1.53. The number of benzene rings is 1. The first-order chi connectivity index (χ1) is 16.9. The number of nitrogens with zero attached hydrogens (tertiary/aromatic N) is 4. The molecule has 1 aromatic carbocycles. The summed E-state index contributed by atoms with van der Waals surface area (Å²) in [6, 6.07) is 14.2. The van der Waals surface area contributed by atoms with Crippen LogP contribution in [0.1, 0.15) is 26.5 Å². The van der Waals surface area contributed by atoms with E-state index in [1.54, 1.807) is 42.9 Å². The van der Waals surface area contributed by atoms with Crippen LogP contribution in [0.2, 0.25) is 0 Å². The van der Waals surface area contributed by atoms with Crippen molar-refractivity contribution < 1.29 is 14.0 Å². The van der Waals surface area contributed by atoms with Crippen LogP contribution < -0.4 is 10.6 Å². The molecule has 2 amide bonds. The fourth-order valence-electron chi connectivity index (χ4n) is 3.78. The van der Waals surface area contributed by atoms with Crippen molar-refractivity contribution in [2.24, 2.45) is 7.05 Å². The summed E-state index contributed by atoms with van der Waals surface area (Å²) in [4.78, 5) is 35.7. The number of hydrogen-bond donors (Lipinski definition) is 2. The summed E-state index contributed by atoms with van der Waals surface area (Å²) >= 11 is 1.50. The molecule has 0 saturated carbocycles. The number of carbonyl (C=O) groups is 2. The lowest BCUT2D eigenvalue weighted by Crippen LogP contribution is -2.18. The summed E-state index contributed by atoms with van der Waals surface area (Å²) in [5, 5.41) is 12.4. The molecule has 0 unspecified atom stereocenters. The van der Waals surface area contributed by atoms with Gasteiger partial charge in [0.05, 0.1) is 38.6 Å². The third-order valence-corrected chi connectivity index (χ3v) is 6.25. The van der Waals surface area contributed by atoms with Crippen LogP contribution in [0, 0.1) is 12.7 Å². The molecule has 10 heteroatoms. The SMILES string of the molecule is Cc1nn(C)c2nc(-c3cccs3)cc(C(=O)Nc3cc(F)ccc3NC(=O)c3ccccn3)c12. The predicted octanol–water partition coefficient (Wildman–Crippen LogP) is 5.04. The van der Waals surface area contributed by atoms with Crippen LogP contribution >= 0.6 is 11.3 Å². The lowest BCUT2D eigenvalue weighted by molar-refractivity contribution is 0.101. The minimum atomic E-state index is -0.562. The van der Waals surface area contributed by atoms with Crippen molar-refractivity contribution >= 4 is 45.6 Å². The minimum absolute atomic E-state index is 0.114. The number of amides is 2. The Hall–Kier alpha value is -4.44. The number of carbonyl (C=O) groups excluding carboxylic acids is 2. The van der Waals surface area contributed by atoms with Crippen LogP contribution in [0.15, 0.2) is 66.2 Å². The van der Waals surface area contributed by atoms with E-state index in [4.69, 9.17) is 4.98 Å². The molecule has 4 aromatic heterocycles. The maximum atomic E-state index is 14.1. The highest BCUT2D eigenvalue weighted by molar-refractivity contribution is 7.13. The van der Waals surface area contributed by atoms with Gasteiger partial charge in [-0.1, -0.05) is 12.1 Å². The maximum absolute atomic E-state index is 14.1. The zero-order valence-electron chi connectivity index (χ0n) is 18.7. The number of thiophene rings is 1. The number of rotatable bonds is 5. The molecule has 4 heterocycles. The largest absolute Gasteiger partial charge is 0.320 e. The van der Waals surface area contributed by atoms with Gasteiger partial charge in [0.15, 0.2) is 5.65 Å². The number of fused-ring (bicyclic) bond motifs is 1. The predicted molar refractivity (Wildman–Crippen MR) is 133 cm³/mol. The normalized spacial score (nSPS) is 10.9. The van der Waals surface area contributed by atoms with Crippen molar-refractivity contribution in [3.8, 4) is 10.6 Å². The second kappa shape index (κ2) is 9.07. The second-order valence-electron chi connectivity index (χ2n) is 7.75. The summed E-state index contributed by atoms with van der Waals surface area (Å²) in [5.74, 6) is -1.53. The highest BCUT2D eigenvalue weighted by Gasteiger charge is 2.21. The summed E-state index contributed by atoms with van der Waals surface area (Å²) < 4.78 is 15.8. The van der Waals surface area contributed by atoms with Gasteiger partial charge in [-0.05, 0) is 54.8 Å². The molecule has 0 radical (unpaired) electrons. The minimum Gasteiger partial charge on any atom is -0.320 e. The van der Waals surface area contributed by atoms with E-state index in [1.165, 1.54) is 29.7 Å². The molecular formula is C25H19FN6O2S. The zero-order chi connectivity index (χ0) is 24.5. The van der Waals surface area contributed by atoms with Gasteiger partial charge in [-0.2, -0.15) is 5.10 Å². The van der Waals surface area contributed by atoms with E-state index in [0.29, 0.717) is 28.0 Å². The number of anilines is 2. The van der Waals surface area contributed by atoms with E-state index in [1.807, 2.05) is 17.5 Å². The Kier molecular flexibility index (Phi) is 5.79. The van der Waals surface area contributed by atoms with Crippen LogP contribution in [0.25, 0.3) is 21.6 Å². The van der Waals surface area contributed by atoms with Gasteiger partial charge >= 0.3 is 0 Å². The Labute approximate surface area is 203 Å². The molecule has 0 spiro atoms. The van der Waals surface area contributed by atoms with Gasteiger partial charge in [-0.25, -0.2) is 9.37 Å². The summed E-state index contributed by atoms with van der Waals surface area (Å²) in [5.41, 5.74) is 2.71. The van der Waals surface area contributed by atoms with Crippen LogP contribution in [-0.4, -0.2) is 31.6 Å². The second-order valence-corrected chi connectivity index (χ2v) is 8.70. The lowest BCUT2D eigenvalue weighted by Gasteiger charge is -2.13. The molecule has 0 aliphatic carbocycles. The van der Waals surface area contributed by atoms with Crippen molar-refractivity contribution in [3.05, 3.63) is 88.9 Å². The van der Waals surface area contributed by atoms with Gasteiger partial charge in [0.1, 0.15) is 11.5 Å². The fourth-order valence-corrected chi connectivity index (χ4v) is 4.46. The highest BCUT2D eigenvalue weighted by Crippen LogP contribution is 2.31. The molecule has 0 aliphatic heterocycles. The van der Waals surface area contributed by atoms with Crippen LogP contribution in [0.4, 0.5) is 15.8 Å². The summed E-state index contributed by atoms with van der Waals surface area (Å²) in [6.45, 7) is 1.80. The summed E-state index contributed by atoms with van der Waals surface area (Å²) in [6.07, 6.45) is 1.50. The van der Waals surface area contributed by atoms with E-state index >= 15 is 0 Å². The van der Waals surface area contributed by atoms with E-state index in [2.05, 4.69) is 20.7 Å². The molecule has 0 fully saturated rings. The quantitative estimate of drug-likeness (QED) is 0.362. The zero-order valence-corrected chi connectivity index (χ0v) is 19.6. The molecule has 0 saturated heterocycles. The molecule has 0 atom stereocenters. The van der Waals surface area contributed by atoms with Gasteiger partial charge in [-0.3, -0.25) is 19.3 Å². The van der Waals surface area contributed by atoms with Crippen LogP contribution in [0.3, 0.4) is 0 Å². The molecule has 174 valence electrons. The van der Waals surface area contributed by atoms with Gasteiger partial charge in [0.2, 0.25) is 0 Å². The first-order valence-corrected chi connectivity index (χ1v) is 11.5. The Morgan fingerprint density at radius 3 is 2.57 bits per heavy atom. The molecule has 5 aromatic rings. The Morgan fingerprint density at radius 2 is 1.83 bits per heavy atom. The number of pyridine rings is 2. The smallest absolute Gasteiger partial charge is 0.274 e. The third-order valence-electron chi connectivity index (χ3n) is 5.36. The van der Waals surface area contributed by atoms with Crippen molar-refractivity contribution in [2.75, 3.05) is 10.6 Å². The van der Waals surface area contributed by atoms with Crippen molar-refractivity contribution in [1.29, 1.82) is 0 Å². The third kappa shape index (κ3) is 4.38. The van der Waals surface area contributed by atoms with Crippen LogP contribution in [-0.2, 0) is 7.05 Å². The fraction of sp³-hybridized carbons (Fsp3) is 0.0800. The van der Waals surface area contributed by atoms with Crippen molar-refractivity contribution in [1.82, 2.24) is 19.7 Å². The van der Waals surface area contributed by atoms with Gasteiger partial charge in [-0.15, -0.1) is 11.3 Å². The summed E-state index contributed by atoms with van der Waals surface area (Å²) in [7, 11) is 1.76. The first-order valence-electron chi connectivity index (χ1n) is 10.6. The lowest BCUT2D eigenvalue weighted by atomic mass is 10.1. The number of hydrogen-bond acceptors (Lipinski definition) is 6. The van der Waals surface area contributed by atoms with Gasteiger partial charge in [0, 0.05) is 13.2 Å². The van der Waals surface area contributed by atoms with E-state index in [0.717, 1.165) is 10.9 Å². The monoisotopic (exact) mass is 486 g/mol. The molecule has 8 nitrogen and oxygen atoms in total. The number of nitrogens with one attached hydrogen (secondary N) is 2. The van der Waals surface area contributed by atoms with Crippen molar-refractivity contribution in [2.45, 2.75) is 6.92 Å². The number of halogens is 1. The van der Waals surface area contributed by atoms with Crippen LogP contribution in [0.5, 0.6) is 0 Å². The standard InChI is InChI=1S/C25H19FN6O2S/c1-14-22-16(13-20(21-7-5-11-35-21)28-23(22)32(2)31-14)24(33)30-19-12-15(26)8-9-17(19)29-25(34)18-6-3-4-10-27-18/h3-13H,1-2H3,(H,29,34)(H,30,33). The molecular weight excluding hydrogens is 467 g/mol. The average Bonchev–Trinajstić information content (AvgIpc) is 3.49. The molecule has 0 aliphatic rings. The highest BCUT2D eigenvalue weighted by atomic mass is 32.1.